The molecule has 1 aromatic heterocycles. The second kappa shape index (κ2) is 8.61. The maximum absolute atomic E-state index is 12.3. The van der Waals surface area contributed by atoms with Crippen LogP contribution in [0, 0.1) is 6.92 Å². The number of nitrogens with one attached hydrogen (secondary N) is 1. The largest absolute Gasteiger partial charge is 0.348 e. The number of carbonyl (C=O) groups is 1. The van der Waals surface area contributed by atoms with E-state index in [0.717, 1.165) is 32.7 Å². The van der Waals surface area contributed by atoms with Crippen molar-refractivity contribution >= 4 is 17.2 Å². The number of aryl methyl sites for hydroxylation is 1. The Kier molecular flexibility index (Phi) is 6.24. The molecule has 1 atom stereocenters. The molecule has 0 radical (unpaired) electrons. The quantitative estimate of drug-likeness (QED) is 0.863. The highest BCUT2D eigenvalue weighted by Gasteiger charge is 2.20. The highest BCUT2D eigenvalue weighted by Crippen LogP contribution is 2.18. The Bertz CT molecular complexity index is 678. The van der Waals surface area contributed by atoms with Gasteiger partial charge in [-0.2, -0.15) is 0 Å². The summed E-state index contributed by atoms with van der Waals surface area (Å²) in [5.41, 5.74) is 2.68. The second-order valence-corrected chi connectivity index (χ2v) is 7.83. The average molecular weight is 358 g/mol. The first-order valence-electron chi connectivity index (χ1n) is 8.93. The number of amides is 1. The molecule has 0 spiro atoms. The van der Waals surface area contributed by atoms with Crippen LogP contribution in [-0.4, -0.2) is 48.4 Å². The number of carbonyl (C=O) groups excluding carboxylic acids is 1. The van der Waals surface area contributed by atoms with Gasteiger partial charge in [-0.25, -0.2) is 0 Å². The molecule has 25 heavy (non-hydrogen) atoms. The fourth-order valence-electron chi connectivity index (χ4n) is 3.27. The number of thiophene rings is 1. The smallest absolute Gasteiger partial charge is 0.234 e. The number of nitrogens with zero attached hydrogens (tertiary/aromatic N) is 2. The van der Waals surface area contributed by atoms with E-state index in [-0.39, 0.29) is 11.9 Å². The molecule has 1 aliphatic heterocycles. The maximum atomic E-state index is 12.3. The van der Waals surface area contributed by atoms with Crippen LogP contribution in [0.5, 0.6) is 0 Å². The lowest BCUT2D eigenvalue weighted by Crippen LogP contribution is -2.49. The van der Waals surface area contributed by atoms with Crippen molar-refractivity contribution in [1.29, 1.82) is 0 Å². The Hall–Kier alpha value is -1.69. The van der Waals surface area contributed by atoms with Crippen LogP contribution >= 0.6 is 11.3 Å². The molecule has 2 aromatic rings. The first-order chi connectivity index (χ1) is 12.1. The van der Waals surface area contributed by atoms with E-state index in [1.165, 1.54) is 16.0 Å². The molecule has 0 unspecified atom stereocenters. The summed E-state index contributed by atoms with van der Waals surface area (Å²) in [6, 6.07) is 12.9. The minimum absolute atomic E-state index is 0.0927. The molecule has 1 N–H and O–H groups in total. The maximum Gasteiger partial charge on any atom is 0.234 e. The van der Waals surface area contributed by atoms with Crippen molar-refractivity contribution in [3.05, 3.63) is 57.8 Å². The molecule has 0 bridgehead atoms. The van der Waals surface area contributed by atoms with E-state index in [1.807, 2.05) is 18.4 Å². The summed E-state index contributed by atoms with van der Waals surface area (Å²) in [6.07, 6.45) is 0. The van der Waals surface area contributed by atoms with Gasteiger partial charge in [0.05, 0.1) is 12.6 Å². The summed E-state index contributed by atoms with van der Waals surface area (Å²) < 4.78 is 0. The lowest BCUT2D eigenvalue weighted by Gasteiger charge is -2.34. The third-order valence-corrected chi connectivity index (χ3v) is 5.72. The van der Waals surface area contributed by atoms with Crippen LogP contribution in [0.2, 0.25) is 0 Å². The summed E-state index contributed by atoms with van der Waals surface area (Å²) in [6.45, 7) is 9.61. The van der Waals surface area contributed by atoms with Crippen molar-refractivity contribution in [1.82, 2.24) is 15.1 Å². The van der Waals surface area contributed by atoms with Crippen LogP contribution in [0.4, 0.5) is 0 Å². The lowest BCUT2D eigenvalue weighted by atomic mass is 10.1. The Morgan fingerprint density at radius 2 is 1.92 bits per heavy atom. The summed E-state index contributed by atoms with van der Waals surface area (Å²) in [5, 5.41) is 5.15. The van der Waals surface area contributed by atoms with Crippen molar-refractivity contribution < 1.29 is 4.79 Å². The summed E-state index contributed by atoms with van der Waals surface area (Å²) in [4.78, 5) is 18.2. The van der Waals surface area contributed by atoms with Gasteiger partial charge in [0.2, 0.25) is 5.91 Å². The van der Waals surface area contributed by atoms with Gasteiger partial charge in [0.1, 0.15) is 0 Å². The highest BCUT2D eigenvalue weighted by atomic mass is 32.1. The van der Waals surface area contributed by atoms with Gasteiger partial charge >= 0.3 is 0 Å². The highest BCUT2D eigenvalue weighted by molar-refractivity contribution is 7.10. The molecule has 1 saturated heterocycles. The van der Waals surface area contributed by atoms with Crippen LogP contribution in [0.3, 0.4) is 0 Å². The van der Waals surface area contributed by atoms with Crippen molar-refractivity contribution in [2.75, 3.05) is 32.7 Å². The van der Waals surface area contributed by atoms with Gasteiger partial charge in [0.25, 0.3) is 0 Å². The Labute approximate surface area is 154 Å². The summed E-state index contributed by atoms with van der Waals surface area (Å²) >= 11 is 1.69. The molecular formula is C20H27N3OS. The monoisotopic (exact) mass is 357 g/mol. The van der Waals surface area contributed by atoms with Crippen LogP contribution < -0.4 is 5.32 Å². The predicted molar refractivity (Wildman–Crippen MR) is 104 cm³/mol. The molecule has 1 aliphatic rings. The number of benzene rings is 1. The van der Waals surface area contributed by atoms with Crippen molar-refractivity contribution in [3.63, 3.8) is 0 Å². The van der Waals surface area contributed by atoms with E-state index in [0.29, 0.717) is 6.54 Å². The minimum Gasteiger partial charge on any atom is -0.348 e. The van der Waals surface area contributed by atoms with Gasteiger partial charge in [-0.05, 0) is 30.9 Å². The molecule has 4 nitrogen and oxygen atoms in total. The van der Waals surface area contributed by atoms with E-state index in [2.05, 4.69) is 52.4 Å². The van der Waals surface area contributed by atoms with Crippen molar-refractivity contribution in [2.24, 2.45) is 0 Å². The molecule has 1 fully saturated rings. The number of hydrogen-bond donors (Lipinski definition) is 1. The van der Waals surface area contributed by atoms with E-state index < -0.39 is 0 Å². The Balaban J connectivity index is 1.41. The predicted octanol–water partition coefficient (Wildman–Crippen LogP) is 3.05. The zero-order chi connectivity index (χ0) is 17.6. The number of rotatable bonds is 6. The number of hydrogen-bond acceptors (Lipinski definition) is 4. The molecule has 134 valence electrons. The van der Waals surface area contributed by atoms with Crippen LogP contribution in [0.15, 0.2) is 41.8 Å². The summed E-state index contributed by atoms with van der Waals surface area (Å²) in [7, 11) is 0. The zero-order valence-corrected chi connectivity index (χ0v) is 15.9. The average Bonchev–Trinajstić information content (AvgIpc) is 3.11. The van der Waals surface area contributed by atoms with Crippen LogP contribution in [0.1, 0.15) is 29.0 Å². The normalized spacial score (nSPS) is 17.4. The van der Waals surface area contributed by atoms with Gasteiger partial charge in [0, 0.05) is 37.6 Å². The van der Waals surface area contributed by atoms with Gasteiger partial charge < -0.3 is 5.32 Å². The van der Waals surface area contributed by atoms with Crippen LogP contribution in [0.25, 0.3) is 0 Å². The van der Waals surface area contributed by atoms with E-state index in [1.54, 1.807) is 11.3 Å². The molecule has 0 saturated carbocycles. The molecule has 5 heteroatoms. The first kappa shape index (κ1) is 18.1. The zero-order valence-electron chi connectivity index (χ0n) is 15.1. The van der Waals surface area contributed by atoms with Gasteiger partial charge in [-0.3, -0.25) is 14.6 Å². The van der Waals surface area contributed by atoms with E-state index >= 15 is 0 Å². The van der Waals surface area contributed by atoms with Gasteiger partial charge in [-0.15, -0.1) is 11.3 Å². The fraction of sp³-hybridized carbons (Fsp3) is 0.450. The van der Waals surface area contributed by atoms with E-state index in [4.69, 9.17) is 0 Å². The molecule has 2 heterocycles. The standard InChI is InChI=1S/C20H27N3OS/c1-16-5-3-6-18(13-16)14-22-8-10-23(11-9-22)15-20(24)21-17(2)19-7-4-12-25-19/h3-7,12-13,17H,8-11,14-15H2,1-2H3,(H,21,24)/t17-/m0/s1. The minimum atomic E-state index is 0.0927. The number of piperazine rings is 1. The molecule has 0 aliphatic carbocycles. The van der Waals surface area contributed by atoms with Gasteiger partial charge in [0.15, 0.2) is 0 Å². The third-order valence-electron chi connectivity index (χ3n) is 4.67. The topological polar surface area (TPSA) is 35.6 Å². The SMILES string of the molecule is Cc1cccc(CN2CCN(CC(=O)N[C@@H](C)c3cccs3)CC2)c1. The van der Waals surface area contributed by atoms with Crippen molar-refractivity contribution in [3.8, 4) is 0 Å². The molecule has 1 aromatic carbocycles. The van der Waals surface area contributed by atoms with Crippen LogP contribution in [-0.2, 0) is 11.3 Å². The first-order valence-corrected chi connectivity index (χ1v) is 9.81. The van der Waals surface area contributed by atoms with Crippen molar-refractivity contribution in [2.45, 2.75) is 26.4 Å². The van der Waals surface area contributed by atoms with E-state index in [9.17, 15) is 4.79 Å². The Morgan fingerprint density at radius 1 is 1.16 bits per heavy atom. The molecule has 1 amide bonds. The third kappa shape index (κ3) is 5.39. The second-order valence-electron chi connectivity index (χ2n) is 6.85. The Morgan fingerprint density at radius 3 is 2.60 bits per heavy atom. The summed E-state index contributed by atoms with van der Waals surface area (Å²) in [5.74, 6) is 0.119. The molecule has 3 rings (SSSR count). The lowest BCUT2D eigenvalue weighted by molar-refractivity contribution is -0.123. The molecular weight excluding hydrogens is 330 g/mol. The van der Waals surface area contributed by atoms with Gasteiger partial charge in [-0.1, -0.05) is 35.9 Å². The fourth-order valence-corrected chi connectivity index (χ4v) is 4.01.